The monoisotopic (exact) mass is 177 g/mol. The molecule has 1 aromatic rings. The van der Waals surface area contributed by atoms with Gasteiger partial charge in [-0.05, 0) is 11.5 Å². The molecular formula is C11H15NO. The van der Waals surface area contributed by atoms with Crippen molar-refractivity contribution < 1.29 is 4.42 Å². The molecule has 0 aliphatic heterocycles. The molecule has 1 heterocycles. The van der Waals surface area contributed by atoms with Crippen LogP contribution in [0.25, 0.3) is 12.2 Å². The highest BCUT2D eigenvalue weighted by Crippen LogP contribution is 2.08. The summed E-state index contributed by atoms with van der Waals surface area (Å²) in [6.45, 7) is 13.6. The Morgan fingerprint density at radius 1 is 1.54 bits per heavy atom. The Kier molecular flexibility index (Phi) is 2.71. The summed E-state index contributed by atoms with van der Waals surface area (Å²) in [5.41, 5.74) is 1.83. The van der Waals surface area contributed by atoms with E-state index in [1.807, 2.05) is 6.92 Å². The smallest absolute Gasteiger partial charge is 0.192 e. The van der Waals surface area contributed by atoms with Gasteiger partial charge < -0.3 is 4.42 Å². The third-order valence-electron chi connectivity index (χ3n) is 1.91. The van der Waals surface area contributed by atoms with Crippen LogP contribution in [-0.2, 0) is 0 Å². The molecule has 1 rings (SSSR count). The van der Waals surface area contributed by atoms with Crippen molar-refractivity contribution in [2.24, 2.45) is 5.92 Å². The van der Waals surface area contributed by atoms with Gasteiger partial charge in [-0.2, -0.15) is 0 Å². The SMILES string of the molecule is C=C/C(=c1/oc(C)nc1=C)C(C)C. The Balaban J connectivity index is 3.54. The molecule has 70 valence electrons. The van der Waals surface area contributed by atoms with Gasteiger partial charge in [-0.3, -0.25) is 0 Å². The minimum atomic E-state index is 0.380. The normalized spacial score (nSPS) is 13.2. The summed E-state index contributed by atoms with van der Waals surface area (Å²) in [5, 5.41) is 0.695. The largest absolute Gasteiger partial charge is 0.441 e. The van der Waals surface area contributed by atoms with Crippen molar-refractivity contribution in [1.82, 2.24) is 4.98 Å². The van der Waals surface area contributed by atoms with Crippen LogP contribution in [0.3, 0.4) is 0 Å². The Morgan fingerprint density at radius 3 is 2.46 bits per heavy atom. The predicted octanol–water partition coefficient (Wildman–Crippen LogP) is 1.39. The third-order valence-corrected chi connectivity index (χ3v) is 1.91. The molecule has 13 heavy (non-hydrogen) atoms. The summed E-state index contributed by atoms with van der Waals surface area (Å²) in [4.78, 5) is 4.12. The van der Waals surface area contributed by atoms with Gasteiger partial charge in [0, 0.05) is 6.92 Å². The van der Waals surface area contributed by atoms with Crippen LogP contribution in [0, 0.1) is 12.8 Å². The second-order valence-electron chi connectivity index (χ2n) is 3.32. The summed E-state index contributed by atoms with van der Waals surface area (Å²) in [5.74, 6) is 1.03. The molecule has 0 radical (unpaired) electrons. The Hall–Kier alpha value is -1.31. The molecule has 0 spiro atoms. The fourth-order valence-electron chi connectivity index (χ4n) is 1.29. The number of allylic oxidation sites excluding steroid dienone is 1. The van der Waals surface area contributed by atoms with Gasteiger partial charge in [0.05, 0.1) is 0 Å². The van der Waals surface area contributed by atoms with Crippen molar-refractivity contribution in [1.29, 1.82) is 0 Å². The molecule has 1 aromatic heterocycles. The molecule has 2 heteroatoms. The van der Waals surface area contributed by atoms with Crippen molar-refractivity contribution >= 4 is 12.2 Å². The molecule has 0 aromatic carbocycles. The minimum Gasteiger partial charge on any atom is -0.441 e. The topological polar surface area (TPSA) is 26.0 Å². The van der Waals surface area contributed by atoms with Crippen molar-refractivity contribution in [2.75, 3.05) is 0 Å². The number of nitrogens with zero attached hydrogens (tertiary/aromatic N) is 1. The standard InChI is InChI=1S/C11H15NO/c1-6-10(7(2)3)11-8(4)12-9(5)13-11/h6-7H,1,4H2,2-3,5H3/b11-10-. The summed E-state index contributed by atoms with van der Waals surface area (Å²) < 4.78 is 5.45. The van der Waals surface area contributed by atoms with Crippen molar-refractivity contribution in [3.8, 4) is 0 Å². The van der Waals surface area contributed by atoms with Gasteiger partial charge in [-0.1, -0.05) is 33.1 Å². The summed E-state index contributed by atoms with van der Waals surface area (Å²) in [6.07, 6.45) is 1.80. The molecule has 0 saturated carbocycles. The number of aromatic nitrogens is 1. The number of rotatable bonds is 2. The number of hydrogen-bond acceptors (Lipinski definition) is 2. The Bertz CT molecular complexity index is 412. The van der Waals surface area contributed by atoms with Crippen LogP contribution in [0.4, 0.5) is 0 Å². The van der Waals surface area contributed by atoms with Crippen LogP contribution in [0.5, 0.6) is 0 Å². The first kappa shape index (κ1) is 9.78. The maximum Gasteiger partial charge on any atom is 0.192 e. The predicted molar refractivity (Wildman–Crippen MR) is 54.5 cm³/mol. The van der Waals surface area contributed by atoms with E-state index in [-0.39, 0.29) is 0 Å². The molecule has 0 unspecified atom stereocenters. The second kappa shape index (κ2) is 3.60. The lowest BCUT2D eigenvalue weighted by molar-refractivity contribution is 0.486. The maximum atomic E-state index is 5.45. The Labute approximate surface area is 78.3 Å². The van der Waals surface area contributed by atoms with Crippen molar-refractivity contribution in [2.45, 2.75) is 20.8 Å². The molecule has 0 N–H and O–H groups in total. The van der Waals surface area contributed by atoms with Crippen molar-refractivity contribution in [3.05, 3.63) is 29.3 Å². The van der Waals surface area contributed by atoms with Gasteiger partial charge in [0.25, 0.3) is 0 Å². The quantitative estimate of drug-likeness (QED) is 0.682. The van der Waals surface area contributed by atoms with Gasteiger partial charge in [-0.15, -0.1) is 0 Å². The highest BCUT2D eigenvalue weighted by Gasteiger charge is 2.04. The zero-order chi connectivity index (χ0) is 10.0. The zero-order valence-electron chi connectivity index (χ0n) is 8.42. The van der Waals surface area contributed by atoms with Crippen LogP contribution in [-0.4, -0.2) is 4.98 Å². The Morgan fingerprint density at radius 2 is 2.15 bits per heavy atom. The fraction of sp³-hybridized carbons (Fsp3) is 0.364. The average Bonchev–Trinajstić information content (AvgIpc) is 2.31. The van der Waals surface area contributed by atoms with Crippen molar-refractivity contribution in [3.63, 3.8) is 0 Å². The van der Waals surface area contributed by atoms with E-state index in [1.54, 1.807) is 6.08 Å². The van der Waals surface area contributed by atoms with Crippen LogP contribution < -0.4 is 10.8 Å². The van der Waals surface area contributed by atoms with Crippen LogP contribution in [0.15, 0.2) is 17.1 Å². The molecule has 0 amide bonds. The average molecular weight is 177 g/mol. The molecule has 0 aliphatic carbocycles. The summed E-state index contributed by atoms with van der Waals surface area (Å²) >= 11 is 0. The van der Waals surface area contributed by atoms with Crippen LogP contribution in [0.2, 0.25) is 0 Å². The highest BCUT2D eigenvalue weighted by atomic mass is 16.3. The molecule has 0 saturated heterocycles. The molecular weight excluding hydrogens is 162 g/mol. The molecule has 0 fully saturated rings. The van der Waals surface area contributed by atoms with Crippen LogP contribution in [0.1, 0.15) is 19.7 Å². The third kappa shape index (κ3) is 1.89. The molecule has 0 aliphatic rings. The second-order valence-corrected chi connectivity index (χ2v) is 3.32. The van der Waals surface area contributed by atoms with Crippen LogP contribution >= 0.6 is 0 Å². The van der Waals surface area contributed by atoms with E-state index in [0.717, 1.165) is 11.0 Å². The maximum absolute atomic E-state index is 5.45. The molecule has 0 atom stereocenters. The van der Waals surface area contributed by atoms with Gasteiger partial charge in [0.2, 0.25) is 0 Å². The summed E-state index contributed by atoms with van der Waals surface area (Å²) in [7, 11) is 0. The fourth-order valence-corrected chi connectivity index (χ4v) is 1.29. The van der Waals surface area contributed by atoms with E-state index >= 15 is 0 Å². The first-order valence-electron chi connectivity index (χ1n) is 4.35. The van der Waals surface area contributed by atoms with E-state index < -0.39 is 0 Å². The molecule has 0 bridgehead atoms. The number of aryl methyl sites for hydroxylation is 1. The number of hydrogen-bond donors (Lipinski definition) is 0. The first-order chi connectivity index (χ1) is 6.06. The van der Waals surface area contributed by atoms with Gasteiger partial charge in [0.15, 0.2) is 11.3 Å². The lowest BCUT2D eigenvalue weighted by Gasteiger charge is -2.02. The summed E-state index contributed by atoms with van der Waals surface area (Å²) in [6, 6.07) is 0. The lowest BCUT2D eigenvalue weighted by atomic mass is 10.0. The minimum absolute atomic E-state index is 0.380. The number of oxazole rings is 1. The van der Waals surface area contributed by atoms with E-state index in [2.05, 4.69) is 32.0 Å². The van der Waals surface area contributed by atoms with E-state index in [0.29, 0.717) is 17.2 Å². The first-order valence-corrected chi connectivity index (χ1v) is 4.35. The van der Waals surface area contributed by atoms with E-state index in [9.17, 15) is 0 Å². The lowest BCUT2D eigenvalue weighted by Crippen LogP contribution is -2.24. The van der Waals surface area contributed by atoms with Gasteiger partial charge in [0.1, 0.15) is 5.35 Å². The van der Waals surface area contributed by atoms with E-state index in [1.165, 1.54) is 0 Å². The van der Waals surface area contributed by atoms with Gasteiger partial charge in [-0.25, -0.2) is 4.98 Å². The zero-order valence-corrected chi connectivity index (χ0v) is 8.42. The highest BCUT2D eigenvalue weighted by molar-refractivity contribution is 5.55. The van der Waals surface area contributed by atoms with E-state index in [4.69, 9.17) is 4.42 Å². The van der Waals surface area contributed by atoms with Gasteiger partial charge >= 0.3 is 0 Å². The molecule has 2 nitrogen and oxygen atoms in total.